The summed E-state index contributed by atoms with van der Waals surface area (Å²) in [5.41, 5.74) is 3.07. The lowest BCUT2D eigenvalue weighted by Gasteiger charge is -2.06. The Bertz CT molecular complexity index is 591. The van der Waals surface area contributed by atoms with E-state index in [1.807, 2.05) is 6.07 Å². The SMILES string of the molecule is CC(=NNc1ccc(C(F)(F)F)cn1)c1ccccn1. The third-order valence-electron chi connectivity index (χ3n) is 2.46. The van der Waals surface area contributed by atoms with Crippen LogP contribution in [-0.2, 0) is 6.18 Å². The maximum Gasteiger partial charge on any atom is 0.417 e. The van der Waals surface area contributed by atoms with Crippen LogP contribution in [0, 0.1) is 0 Å². The summed E-state index contributed by atoms with van der Waals surface area (Å²) in [6.07, 6.45) is -2.00. The van der Waals surface area contributed by atoms with Crippen molar-refractivity contribution < 1.29 is 13.2 Å². The highest BCUT2D eigenvalue weighted by Crippen LogP contribution is 2.28. The zero-order valence-electron chi connectivity index (χ0n) is 10.5. The first-order valence-corrected chi connectivity index (χ1v) is 5.72. The molecule has 0 aromatic carbocycles. The molecule has 1 N–H and O–H groups in total. The number of anilines is 1. The molecular formula is C13H11F3N4. The highest BCUT2D eigenvalue weighted by Gasteiger charge is 2.30. The second kappa shape index (κ2) is 5.68. The fourth-order valence-corrected chi connectivity index (χ4v) is 1.40. The highest BCUT2D eigenvalue weighted by atomic mass is 19.4. The fourth-order valence-electron chi connectivity index (χ4n) is 1.40. The van der Waals surface area contributed by atoms with E-state index in [2.05, 4.69) is 20.5 Å². The van der Waals surface area contributed by atoms with Gasteiger partial charge in [0.1, 0.15) is 5.82 Å². The summed E-state index contributed by atoms with van der Waals surface area (Å²) in [5, 5.41) is 4.02. The zero-order valence-corrected chi connectivity index (χ0v) is 10.5. The van der Waals surface area contributed by atoms with E-state index in [0.29, 0.717) is 11.4 Å². The molecule has 0 unspecified atom stereocenters. The number of hydrogen-bond donors (Lipinski definition) is 1. The second-order valence-electron chi connectivity index (χ2n) is 3.95. The molecule has 7 heteroatoms. The molecule has 4 nitrogen and oxygen atoms in total. The minimum atomic E-state index is -4.39. The Morgan fingerprint density at radius 1 is 1.15 bits per heavy atom. The van der Waals surface area contributed by atoms with Crippen molar-refractivity contribution in [3.63, 3.8) is 0 Å². The number of aromatic nitrogens is 2. The van der Waals surface area contributed by atoms with E-state index in [1.165, 1.54) is 6.07 Å². The van der Waals surface area contributed by atoms with Crippen LogP contribution in [0.2, 0.25) is 0 Å². The van der Waals surface area contributed by atoms with Crippen LogP contribution in [0.1, 0.15) is 18.2 Å². The highest BCUT2D eigenvalue weighted by molar-refractivity contribution is 5.97. The monoisotopic (exact) mass is 280 g/mol. The molecule has 0 aliphatic carbocycles. The molecule has 0 fully saturated rings. The van der Waals surface area contributed by atoms with Gasteiger partial charge in [0, 0.05) is 12.4 Å². The van der Waals surface area contributed by atoms with Crippen molar-refractivity contribution in [3.8, 4) is 0 Å². The van der Waals surface area contributed by atoms with Crippen LogP contribution in [0.25, 0.3) is 0 Å². The molecule has 2 aromatic heterocycles. The molecule has 0 aliphatic rings. The van der Waals surface area contributed by atoms with Crippen LogP contribution in [0.5, 0.6) is 0 Å². The van der Waals surface area contributed by atoms with Gasteiger partial charge in [-0.25, -0.2) is 4.98 Å². The number of rotatable bonds is 3. The van der Waals surface area contributed by atoms with Gasteiger partial charge in [-0.05, 0) is 31.2 Å². The van der Waals surface area contributed by atoms with Crippen molar-refractivity contribution in [2.45, 2.75) is 13.1 Å². The van der Waals surface area contributed by atoms with Gasteiger partial charge in [-0.15, -0.1) is 0 Å². The van der Waals surface area contributed by atoms with E-state index in [-0.39, 0.29) is 5.82 Å². The average molecular weight is 280 g/mol. The third kappa shape index (κ3) is 3.53. The van der Waals surface area contributed by atoms with Gasteiger partial charge < -0.3 is 0 Å². The van der Waals surface area contributed by atoms with Crippen molar-refractivity contribution in [3.05, 3.63) is 54.0 Å². The average Bonchev–Trinajstić information content (AvgIpc) is 2.45. The van der Waals surface area contributed by atoms with Gasteiger partial charge in [-0.1, -0.05) is 6.07 Å². The molecule has 2 heterocycles. The summed E-state index contributed by atoms with van der Waals surface area (Å²) >= 11 is 0. The number of nitrogens with one attached hydrogen (secondary N) is 1. The number of hydrogen-bond acceptors (Lipinski definition) is 4. The quantitative estimate of drug-likeness (QED) is 0.693. The van der Waals surface area contributed by atoms with Crippen LogP contribution in [-0.4, -0.2) is 15.7 Å². The minimum Gasteiger partial charge on any atom is -0.261 e. The van der Waals surface area contributed by atoms with Crippen molar-refractivity contribution in [2.75, 3.05) is 5.43 Å². The molecule has 0 spiro atoms. The van der Waals surface area contributed by atoms with Crippen molar-refractivity contribution >= 4 is 11.5 Å². The standard InChI is InChI=1S/C13H11F3N4/c1-9(11-4-2-3-7-17-11)19-20-12-6-5-10(8-18-12)13(14,15)16/h2-8H,1H3,(H,18,20). The number of alkyl halides is 3. The molecule has 0 saturated heterocycles. The van der Waals surface area contributed by atoms with Crippen molar-refractivity contribution in [1.29, 1.82) is 0 Å². The van der Waals surface area contributed by atoms with E-state index in [1.54, 1.807) is 25.3 Å². The Labute approximate surface area is 113 Å². The summed E-state index contributed by atoms with van der Waals surface area (Å²) in [6, 6.07) is 7.54. The number of hydrazone groups is 1. The summed E-state index contributed by atoms with van der Waals surface area (Å²) in [4.78, 5) is 7.75. The van der Waals surface area contributed by atoms with Gasteiger partial charge in [0.2, 0.25) is 0 Å². The molecule has 0 aliphatic heterocycles. The molecule has 0 saturated carbocycles. The first-order valence-electron chi connectivity index (χ1n) is 5.72. The summed E-state index contributed by atoms with van der Waals surface area (Å²) in [5.74, 6) is 0.230. The molecule has 0 amide bonds. The molecule has 0 bridgehead atoms. The van der Waals surface area contributed by atoms with Gasteiger partial charge in [-0.3, -0.25) is 10.4 Å². The predicted molar refractivity (Wildman–Crippen MR) is 69.3 cm³/mol. The number of halogens is 3. The van der Waals surface area contributed by atoms with Crippen molar-refractivity contribution in [2.24, 2.45) is 5.10 Å². The number of pyridine rings is 2. The first-order chi connectivity index (χ1) is 9.47. The van der Waals surface area contributed by atoms with Crippen LogP contribution < -0.4 is 5.43 Å². The van der Waals surface area contributed by atoms with E-state index in [4.69, 9.17) is 0 Å². The molecule has 20 heavy (non-hydrogen) atoms. The maximum atomic E-state index is 12.4. The van der Waals surface area contributed by atoms with Gasteiger partial charge in [0.25, 0.3) is 0 Å². The van der Waals surface area contributed by atoms with Gasteiger partial charge in [0.05, 0.1) is 17.0 Å². The zero-order chi connectivity index (χ0) is 14.6. The largest absolute Gasteiger partial charge is 0.417 e. The summed E-state index contributed by atoms with van der Waals surface area (Å²) < 4.78 is 37.1. The summed E-state index contributed by atoms with van der Waals surface area (Å²) in [7, 11) is 0. The summed E-state index contributed by atoms with van der Waals surface area (Å²) in [6.45, 7) is 1.74. The van der Waals surface area contributed by atoms with E-state index < -0.39 is 11.7 Å². The minimum absolute atomic E-state index is 0.230. The molecule has 2 aromatic rings. The van der Waals surface area contributed by atoms with Gasteiger partial charge in [-0.2, -0.15) is 18.3 Å². The predicted octanol–water partition coefficient (Wildman–Crippen LogP) is 3.33. The Morgan fingerprint density at radius 3 is 2.50 bits per heavy atom. The van der Waals surface area contributed by atoms with Crippen LogP contribution >= 0.6 is 0 Å². The normalized spacial score (nSPS) is 12.3. The van der Waals surface area contributed by atoms with Gasteiger partial charge in [0.15, 0.2) is 0 Å². The third-order valence-corrected chi connectivity index (χ3v) is 2.46. The van der Waals surface area contributed by atoms with Gasteiger partial charge >= 0.3 is 6.18 Å². The number of nitrogens with zero attached hydrogens (tertiary/aromatic N) is 3. The van der Waals surface area contributed by atoms with Crippen molar-refractivity contribution in [1.82, 2.24) is 9.97 Å². The lowest BCUT2D eigenvalue weighted by Crippen LogP contribution is -2.06. The van der Waals surface area contributed by atoms with Crippen LogP contribution in [0.3, 0.4) is 0 Å². The smallest absolute Gasteiger partial charge is 0.261 e. The lowest BCUT2D eigenvalue weighted by atomic mass is 10.3. The molecule has 0 radical (unpaired) electrons. The fraction of sp³-hybridized carbons (Fsp3) is 0.154. The first kappa shape index (κ1) is 14.0. The molecule has 104 valence electrons. The molecule has 0 atom stereocenters. The second-order valence-corrected chi connectivity index (χ2v) is 3.95. The lowest BCUT2D eigenvalue weighted by molar-refractivity contribution is -0.137. The van der Waals surface area contributed by atoms with E-state index in [0.717, 1.165) is 12.3 Å². The Balaban J connectivity index is 2.08. The van der Waals surface area contributed by atoms with E-state index in [9.17, 15) is 13.2 Å². The van der Waals surface area contributed by atoms with E-state index >= 15 is 0 Å². The molecule has 2 rings (SSSR count). The van der Waals surface area contributed by atoms with Crippen LogP contribution in [0.4, 0.5) is 19.0 Å². The Hall–Kier alpha value is -2.44. The Kier molecular flexibility index (Phi) is 3.97. The topological polar surface area (TPSA) is 50.2 Å². The molecular weight excluding hydrogens is 269 g/mol. The maximum absolute atomic E-state index is 12.4. The van der Waals surface area contributed by atoms with Crippen LogP contribution in [0.15, 0.2) is 47.8 Å². The Morgan fingerprint density at radius 2 is 1.95 bits per heavy atom.